The third kappa shape index (κ3) is 6.92. The van der Waals surface area contributed by atoms with Gasteiger partial charge in [0.05, 0.1) is 30.3 Å². The molecule has 0 spiro atoms. The van der Waals surface area contributed by atoms with Gasteiger partial charge in [-0.15, -0.1) is 0 Å². The van der Waals surface area contributed by atoms with Gasteiger partial charge in [0.15, 0.2) is 27.4 Å². The Hall–Kier alpha value is -2.29. The van der Waals surface area contributed by atoms with Crippen LogP contribution < -0.4 is 14.8 Å². The molecule has 1 fully saturated rings. The summed E-state index contributed by atoms with van der Waals surface area (Å²) < 4.78 is 39.5. The molecule has 0 aliphatic carbocycles. The molecule has 0 radical (unpaired) electrons. The number of nitrogens with one attached hydrogen (secondary N) is 1. The van der Waals surface area contributed by atoms with Gasteiger partial charge in [-0.3, -0.25) is 4.79 Å². The highest BCUT2D eigenvalue weighted by molar-refractivity contribution is 7.91. The van der Waals surface area contributed by atoms with Crippen molar-refractivity contribution in [1.82, 2.24) is 5.32 Å². The van der Waals surface area contributed by atoms with Crippen molar-refractivity contribution in [2.75, 3.05) is 24.7 Å². The van der Waals surface area contributed by atoms with Crippen molar-refractivity contribution in [2.24, 2.45) is 0 Å². The summed E-state index contributed by atoms with van der Waals surface area (Å²) in [4.78, 5) is 24.7. The molecule has 1 aromatic carbocycles. The Kier molecular flexibility index (Phi) is 8.31. The fraction of sp³-hybridized carbons (Fsp3) is 0.600. The topological polar surface area (TPSA) is 108 Å². The Labute approximate surface area is 171 Å². The number of hydrogen-bond donors (Lipinski definition) is 1. The highest BCUT2D eigenvalue weighted by atomic mass is 32.2. The van der Waals surface area contributed by atoms with E-state index in [2.05, 4.69) is 12.2 Å². The Bertz CT molecular complexity index is 822. The monoisotopic (exact) mass is 427 g/mol. The van der Waals surface area contributed by atoms with E-state index >= 15 is 0 Å². The van der Waals surface area contributed by atoms with Gasteiger partial charge >= 0.3 is 5.97 Å². The number of unbranched alkanes of at least 4 members (excludes halogenated alkanes) is 1. The fourth-order valence-electron chi connectivity index (χ4n) is 2.86. The summed E-state index contributed by atoms with van der Waals surface area (Å²) in [5.41, 5.74) is 0.236. The molecular weight excluding hydrogens is 398 g/mol. The standard InChI is InChI=1S/C20H29NO7S/c1-4-6-10-27-17-8-7-15(12-18(17)26-5-2)20(23)28-14(3)19(22)21-16-9-11-29(24,25)13-16/h7-8,12,14,16H,4-6,9-11,13H2,1-3H3,(H,21,22)/t14-,16+/m0/s1. The molecule has 1 amide bonds. The summed E-state index contributed by atoms with van der Waals surface area (Å²) in [7, 11) is -3.10. The molecule has 9 heteroatoms. The van der Waals surface area contributed by atoms with Crippen LogP contribution in [-0.2, 0) is 19.4 Å². The third-order valence-corrected chi connectivity index (χ3v) is 6.23. The van der Waals surface area contributed by atoms with Gasteiger partial charge in [-0.25, -0.2) is 13.2 Å². The van der Waals surface area contributed by atoms with Crippen LogP contribution >= 0.6 is 0 Å². The van der Waals surface area contributed by atoms with E-state index in [0.717, 1.165) is 12.8 Å². The zero-order valence-electron chi connectivity index (χ0n) is 17.1. The number of esters is 1. The number of hydrogen-bond acceptors (Lipinski definition) is 7. The van der Waals surface area contributed by atoms with E-state index in [-0.39, 0.29) is 17.1 Å². The van der Waals surface area contributed by atoms with Gasteiger partial charge in [-0.05, 0) is 44.9 Å². The van der Waals surface area contributed by atoms with Crippen molar-refractivity contribution < 1.29 is 32.2 Å². The summed E-state index contributed by atoms with van der Waals surface area (Å²) in [6, 6.07) is 4.28. The highest BCUT2D eigenvalue weighted by Gasteiger charge is 2.31. The lowest BCUT2D eigenvalue weighted by atomic mass is 10.2. The number of amides is 1. The maximum Gasteiger partial charge on any atom is 0.339 e. The first-order valence-corrected chi connectivity index (χ1v) is 11.7. The second-order valence-electron chi connectivity index (χ2n) is 6.95. The molecule has 162 valence electrons. The number of carbonyl (C=O) groups excluding carboxylic acids is 2. The summed E-state index contributed by atoms with van der Waals surface area (Å²) >= 11 is 0. The number of carbonyl (C=O) groups is 2. The van der Waals surface area contributed by atoms with E-state index in [1.807, 2.05) is 6.92 Å². The molecule has 1 aliphatic rings. The van der Waals surface area contributed by atoms with Crippen molar-refractivity contribution in [3.63, 3.8) is 0 Å². The van der Waals surface area contributed by atoms with Crippen LogP contribution in [0.2, 0.25) is 0 Å². The predicted molar refractivity (Wildman–Crippen MR) is 108 cm³/mol. The van der Waals surface area contributed by atoms with Gasteiger partial charge in [-0.2, -0.15) is 0 Å². The molecule has 29 heavy (non-hydrogen) atoms. The number of sulfone groups is 1. The maximum absolute atomic E-state index is 12.4. The van der Waals surface area contributed by atoms with Crippen LogP contribution in [0.5, 0.6) is 11.5 Å². The third-order valence-electron chi connectivity index (χ3n) is 4.47. The fourth-order valence-corrected chi connectivity index (χ4v) is 4.53. The number of benzene rings is 1. The molecular formula is C20H29NO7S. The molecule has 0 unspecified atom stereocenters. The lowest BCUT2D eigenvalue weighted by Gasteiger charge is -2.17. The molecule has 0 aromatic heterocycles. The minimum atomic E-state index is -3.10. The zero-order chi connectivity index (χ0) is 21.4. The molecule has 0 bridgehead atoms. The van der Waals surface area contributed by atoms with Crippen LogP contribution in [0.4, 0.5) is 0 Å². The van der Waals surface area contributed by atoms with Gasteiger partial charge in [0, 0.05) is 6.04 Å². The first-order valence-electron chi connectivity index (χ1n) is 9.87. The van der Waals surface area contributed by atoms with E-state index in [1.165, 1.54) is 13.0 Å². The van der Waals surface area contributed by atoms with Gasteiger partial charge in [0.25, 0.3) is 5.91 Å². The Morgan fingerprint density at radius 1 is 1.21 bits per heavy atom. The quantitative estimate of drug-likeness (QED) is 0.450. The largest absolute Gasteiger partial charge is 0.490 e. The average molecular weight is 428 g/mol. The summed E-state index contributed by atoms with van der Waals surface area (Å²) in [5.74, 6) is -0.246. The number of ether oxygens (including phenoxy) is 3. The zero-order valence-corrected chi connectivity index (χ0v) is 17.9. The first-order chi connectivity index (χ1) is 13.8. The van der Waals surface area contributed by atoms with E-state index in [0.29, 0.717) is 31.1 Å². The van der Waals surface area contributed by atoms with Crippen molar-refractivity contribution in [3.8, 4) is 11.5 Å². The summed E-state index contributed by atoms with van der Waals surface area (Å²) in [6.45, 7) is 6.30. The molecule has 1 aliphatic heterocycles. The van der Waals surface area contributed by atoms with Crippen LogP contribution in [0.1, 0.15) is 50.4 Å². The number of rotatable bonds is 10. The smallest absolute Gasteiger partial charge is 0.339 e. The normalized spacial score (nSPS) is 18.7. The average Bonchev–Trinajstić information content (AvgIpc) is 3.01. The van der Waals surface area contributed by atoms with Crippen LogP contribution in [0, 0.1) is 0 Å². The van der Waals surface area contributed by atoms with E-state index in [4.69, 9.17) is 14.2 Å². The minimum Gasteiger partial charge on any atom is -0.490 e. The molecule has 1 aromatic rings. The van der Waals surface area contributed by atoms with E-state index in [9.17, 15) is 18.0 Å². The van der Waals surface area contributed by atoms with Crippen LogP contribution in [-0.4, -0.2) is 57.2 Å². The van der Waals surface area contributed by atoms with Crippen molar-refractivity contribution >= 4 is 21.7 Å². The molecule has 1 N–H and O–H groups in total. The summed E-state index contributed by atoms with van der Waals surface area (Å²) in [5, 5.41) is 2.62. The predicted octanol–water partition coefficient (Wildman–Crippen LogP) is 2.11. The molecule has 1 heterocycles. The highest BCUT2D eigenvalue weighted by Crippen LogP contribution is 2.29. The molecule has 8 nitrogen and oxygen atoms in total. The summed E-state index contributed by atoms with van der Waals surface area (Å²) in [6.07, 6.45) is 1.22. The van der Waals surface area contributed by atoms with Crippen LogP contribution in [0.15, 0.2) is 18.2 Å². The minimum absolute atomic E-state index is 0.0546. The maximum atomic E-state index is 12.4. The van der Waals surface area contributed by atoms with E-state index in [1.54, 1.807) is 12.1 Å². The van der Waals surface area contributed by atoms with E-state index < -0.39 is 33.9 Å². The van der Waals surface area contributed by atoms with Crippen molar-refractivity contribution in [2.45, 2.75) is 52.2 Å². The van der Waals surface area contributed by atoms with Gasteiger partial charge in [0.2, 0.25) is 0 Å². The Morgan fingerprint density at radius 2 is 1.97 bits per heavy atom. The molecule has 1 saturated heterocycles. The van der Waals surface area contributed by atoms with Gasteiger partial charge in [0.1, 0.15) is 0 Å². The lowest BCUT2D eigenvalue weighted by Crippen LogP contribution is -2.42. The Morgan fingerprint density at radius 3 is 2.59 bits per heavy atom. The Balaban J connectivity index is 1.97. The first kappa shape index (κ1) is 23.0. The van der Waals surface area contributed by atoms with Crippen LogP contribution in [0.3, 0.4) is 0 Å². The second kappa shape index (κ2) is 10.5. The lowest BCUT2D eigenvalue weighted by molar-refractivity contribution is -0.129. The molecule has 2 atom stereocenters. The van der Waals surface area contributed by atoms with Crippen LogP contribution in [0.25, 0.3) is 0 Å². The van der Waals surface area contributed by atoms with Gasteiger partial charge in [-0.1, -0.05) is 13.3 Å². The van der Waals surface area contributed by atoms with Crippen molar-refractivity contribution in [1.29, 1.82) is 0 Å². The SMILES string of the molecule is CCCCOc1ccc(C(=O)O[C@@H](C)C(=O)N[C@@H]2CCS(=O)(=O)C2)cc1OCC. The second-order valence-corrected chi connectivity index (χ2v) is 9.18. The van der Waals surface area contributed by atoms with Crippen molar-refractivity contribution in [3.05, 3.63) is 23.8 Å². The molecule has 0 saturated carbocycles. The molecule has 2 rings (SSSR count). The van der Waals surface area contributed by atoms with Gasteiger partial charge < -0.3 is 19.5 Å².